The lowest BCUT2D eigenvalue weighted by Crippen LogP contribution is -2.20. The summed E-state index contributed by atoms with van der Waals surface area (Å²) in [5.74, 6) is 0. The molecule has 1 fully saturated rings. The second-order valence-corrected chi connectivity index (χ2v) is 2.03. The molecule has 0 spiro atoms. The number of hydrogen-bond donors (Lipinski definition) is 0. The molecule has 9 heavy (non-hydrogen) atoms. The van der Waals surface area contributed by atoms with Crippen molar-refractivity contribution in [3.05, 3.63) is 0 Å². The van der Waals surface area contributed by atoms with Crippen LogP contribution in [0.1, 0.15) is 19.3 Å². The summed E-state index contributed by atoms with van der Waals surface area (Å²) in [4.78, 5) is 0. The summed E-state index contributed by atoms with van der Waals surface area (Å²) in [6, 6.07) is 0. The van der Waals surface area contributed by atoms with Gasteiger partial charge in [0.15, 0.2) is 6.29 Å². The van der Waals surface area contributed by atoms with Gasteiger partial charge in [0, 0.05) is 13.7 Å². The predicted molar refractivity (Wildman–Crippen MR) is 40.9 cm³/mol. The molecule has 1 rings (SSSR count). The van der Waals surface area contributed by atoms with E-state index in [9.17, 15) is 0 Å². The van der Waals surface area contributed by atoms with Crippen LogP contribution in [0.5, 0.6) is 0 Å². The lowest BCUT2D eigenvalue weighted by Gasteiger charge is -2.20. The van der Waals surface area contributed by atoms with E-state index in [-0.39, 0.29) is 23.3 Å². The second kappa shape index (κ2) is 5.21. The molecule has 56 valence electrons. The Hall–Kier alpha value is 0.400. The molecule has 2 nitrogen and oxygen atoms in total. The van der Waals surface area contributed by atoms with Crippen molar-refractivity contribution in [2.75, 3.05) is 13.7 Å². The predicted octanol–water partition coefficient (Wildman–Crippen LogP) is 1.74. The van der Waals surface area contributed by atoms with Crippen LogP contribution in [0, 0.1) is 0 Å². The van der Waals surface area contributed by atoms with Crippen LogP contribution in [0.4, 0.5) is 0 Å². The molecule has 1 atom stereocenters. The van der Waals surface area contributed by atoms with Crippen LogP contribution in [-0.2, 0) is 9.47 Å². The Kier molecular flexibility index (Phi) is 5.44. The Bertz CT molecular complexity index is 62.1. The summed E-state index contributed by atoms with van der Waals surface area (Å²) in [5.41, 5.74) is 0. The molecule has 0 aliphatic carbocycles. The highest BCUT2D eigenvalue weighted by Crippen LogP contribution is 2.11. The zero-order valence-corrected chi connectivity index (χ0v) is 7.34. The third kappa shape index (κ3) is 3.18. The minimum absolute atomic E-state index is 0. The smallest absolute Gasteiger partial charge is 0.157 e. The molecule has 1 aliphatic rings. The van der Waals surface area contributed by atoms with E-state index >= 15 is 0 Å². The zero-order chi connectivity index (χ0) is 5.82. The molecular formula is C6H13BrO2. The fourth-order valence-electron chi connectivity index (χ4n) is 0.897. The first-order chi connectivity index (χ1) is 3.93. The largest absolute Gasteiger partial charge is 0.356 e. The summed E-state index contributed by atoms with van der Waals surface area (Å²) in [7, 11) is 1.69. The highest BCUT2D eigenvalue weighted by atomic mass is 79.9. The van der Waals surface area contributed by atoms with E-state index in [1.165, 1.54) is 12.8 Å². The van der Waals surface area contributed by atoms with Crippen molar-refractivity contribution in [1.82, 2.24) is 0 Å². The normalized spacial score (nSPS) is 27.0. The summed E-state index contributed by atoms with van der Waals surface area (Å²) < 4.78 is 10.2. The van der Waals surface area contributed by atoms with Gasteiger partial charge in [0.25, 0.3) is 0 Å². The Balaban J connectivity index is 0.000000640. The molecule has 3 heteroatoms. The van der Waals surface area contributed by atoms with Gasteiger partial charge in [-0.25, -0.2) is 0 Å². The first-order valence-electron chi connectivity index (χ1n) is 3.08. The first kappa shape index (κ1) is 9.40. The van der Waals surface area contributed by atoms with Gasteiger partial charge >= 0.3 is 0 Å². The molecule has 1 saturated heterocycles. The van der Waals surface area contributed by atoms with Crippen molar-refractivity contribution in [1.29, 1.82) is 0 Å². The molecule has 0 radical (unpaired) electrons. The minimum atomic E-state index is 0. The van der Waals surface area contributed by atoms with Crippen molar-refractivity contribution < 1.29 is 9.47 Å². The van der Waals surface area contributed by atoms with Crippen molar-refractivity contribution in [3.63, 3.8) is 0 Å². The maximum atomic E-state index is 5.20. The number of halogens is 1. The van der Waals surface area contributed by atoms with Crippen molar-refractivity contribution in [2.45, 2.75) is 25.6 Å². The van der Waals surface area contributed by atoms with Crippen LogP contribution >= 0.6 is 17.0 Å². The van der Waals surface area contributed by atoms with Crippen molar-refractivity contribution in [2.24, 2.45) is 0 Å². The van der Waals surface area contributed by atoms with E-state index in [0.717, 1.165) is 13.0 Å². The maximum Gasteiger partial charge on any atom is 0.157 e. The summed E-state index contributed by atoms with van der Waals surface area (Å²) >= 11 is 0. The van der Waals surface area contributed by atoms with Gasteiger partial charge in [-0.2, -0.15) is 0 Å². The topological polar surface area (TPSA) is 18.5 Å². The van der Waals surface area contributed by atoms with Gasteiger partial charge in [-0.3, -0.25) is 0 Å². The lowest BCUT2D eigenvalue weighted by molar-refractivity contribution is -0.145. The molecule has 0 saturated carbocycles. The number of hydrogen-bond acceptors (Lipinski definition) is 2. The van der Waals surface area contributed by atoms with Crippen LogP contribution in [0.25, 0.3) is 0 Å². The molecule has 0 amide bonds. The molecule has 0 N–H and O–H groups in total. The average Bonchev–Trinajstić information content (AvgIpc) is 1.90. The van der Waals surface area contributed by atoms with E-state index in [1.54, 1.807) is 7.11 Å². The van der Waals surface area contributed by atoms with Crippen LogP contribution in [0.2, 0.25) is 0 Å². The Morgan fingerprint density at radius 1 is 1.44 bits per heavy atom. The summed E-state index contributed by atoms with van der Waals surface area (Å²) in [6.45, 7) is 0.874. The van der Waals surface area contributed by atoms with E-state index < -0.39 is 0 Å². The van der Waals surface area contributed by atoms with Gasteiger partial charge in [0.2, 0.25) is 0 Å². The molecule has 0 aromatic rings. The van der Waals surface area contributed by atoms with Gasteiger partial charge in [-0.05, 0) is 19.3 Å². The summed E-state index contributed by atoms with van der Waals surface area (Å²) in [5, 5.41) is 0. The van der Waals surface area contributed by atoms with Crippen LogP contribution < -0.4 is 0 Å². The number of rotatable bonds is 1. The SMILES string of the molecule is Br.COC1CCCCO1. The van der Waals surface area contributed by atoms with E-state index in [1.807, 2.05) is 0 Å². The molecule has 1 unspecified atom stereocenters. The highest BCUT2D eigenvalue weighted by Gasteiger charge is 2.10. The molecule has 0 aromatic carbocycles. The van der Waals surface area contributed by atoms with E-state index in [2.05, 4.69) is 0 Å². The second-order valence-electron chi connectivity index (χ2n) is 2.03. The fourth-order valence-corrected chi connectivity index (χ4v) is 0.897. The van der Waals surface area contributed by atoms with Crippen molar-refractivity contribution >= 4 is 17.0 Å². The monoisotopic (exact) mass is 196 g/mol. The first-order valence-corrected chi connectivity index (χ1v) is 3.08. The minimum Gasteiger partial charge on any atom is -0.356 e. The van der Waals surface area contributed by atoms with Gasteiger partial charge in [0.1, 0.15) is 0 Å². The molecular weight excluding hydrogens is 184 g/mol. The van der Waals surface area contributed by atoms with Crippen molar-refractivity contribution in [3.8, 4) is 0 Å². The maximum absolute atomic E-state index is 5.20. The van der Waals surface area contributed by atoms with Crippen LogP contribution in [-0.4, -0.2) is 20.0 Å². The van der Waals surface area contributed by atoms with Gasteiger partial charge in [-0.15, -0.1) is 17.0 Å². The van der Waals surface area contributed by atoms with Crippen LogP contribution in [0.3, 0.4) is 0 Å². The average molecular weight is 197 g/mol. The fraction of sp³-hybridized carbons (Fsp3) is 1.00. The standard InChI is InChI=1S/C6H12O2.BrH/c1-7-6-4-2-3-5-8-6;/h6H,2-5H2,1H3;1H. The molecule has 0 bridgehead atoms. The molecule has 1 aliphatic heterocycles. The van der Waals surface area contributed by atoms with Gasteiger partial charge in [0.05, 0.1) is 0 Å². The van der Waals surface area contributed by atoms with Gasteiger partial charge < -0.3 is 9.47 Å². The van der Waals surface area contributed by atoms with Gasteiger partial charge in [-0.1, -0.05) is 0 Å². The molecule has 0 aromatic heterocycles. The third-order valence-electron chi connectivity index (χ3n) is 1.40. The highest BCUT2D eigenvalue weighted by molar-refractivity contribution is 8.93. The Morgan fingerprint density at radius 3 is 2.56 bits per heavy atom. The molecule has 1 heterocycles. The number of ether oxygens (including phenoxy) is 2. The van der Waals surface area contributed by atoms with E-state index in [0.29, 0.717) is 0 Å². The summed E-state index contributed by atoms with van der Waals surface area (Å²) in [6.07, 6.45) is 3.60. The lowest BCUT2D eigenvalue weighted by atomic mass is 10.2. The zero-order valence-electron chi connectivity index (χ0n) is 5.63. The Morgan fingerprint density at radius 2 is 2.22 bits per heavy atom. The number of methoxy groups -OCH3 is 1. The quantitative estimate of drug-likeness (QED) is 0.637. The van der Waals surface area contributed by atoms with Crippen LogP contribution in [0.15, 0.2) is 0 Å². The Labute approximate surface area is 66.3 Å². The van der Waals surface area contributed by atoms with E-state index in [4.69, 9.17) is 9.47 Å². The third-order valence-corrected chi connectivity index (χ3v) is 1.40.